The highest BCUT2D eigenvalue weighted by atomic mass is 16.3. The molecule has 3 aliphatic rings. The van der Waals surface area contributed by atoms with E-state index in [1.165, 1.54) is 4.90 Å². The average molecular weight is 509 g/mol. The summed E-state index contributed by atoms with van der Waals surface area (Å²) in [6.07, 6.45) is 9.36. The highest BCUT2D eigenvalue weighted by Crippen LogP contribution is 2.31. The number of unbranched alkanes of at least 4 members (excludes halogenated alkanes) is 2. The Bertz CT molecular complexity index is 670. The third-order valence-electron chi connectivity index (χ3n) is 7.67. The van der Waals surface area contributed by atoms with Crippen LogP contribution in [0.2, 0.25) is 0 Å². The number of hydrogen-bond acceptors (Lipinski definition) is 5. The molecule has 8 heteroatoms. The van der Waals surface area contributed by atoms with Gasteiger partial charge in [0.15, 0.2) is 0 Å². The summed E-state index contributed by atoms with van der Waals surface area (Å²) in [5.74, 6) is 1.04. The van der Waals surface area contributed by atoms with Gasteiger partial charge in [0.2, 0.25) is 17.7 Å². The summed E-state index contributed by atoms with van der Waals surface area (Å²) in [4.78, 5) is 51.3. The molecule has 0 aromatic heterocycles. The molecule has 1 aliphatic carbocycles. The van der Waals surface area contributed by atoms with Crippen molar-refractivity contribution < 1.29 is 14.4 Å². The van der Waals surface area contributed by atoms with Crippen molar-refractivity contribution in [1.29, 1.82) is 0 Å². The molecular formula is C28H52N4O4. The summed E-state index contributed by atoms with van der Waals surface area (Å²) in [6, 6.07) is 0.143. The van der Waals surface area contributed by atoms with Gasteiger partial charge in [-0.1, -0.05) is 48.0 Å². The zero-order valence-corrected chi connectivity index (χ0v) is 23.8. The predicted molar refractivity (Wildman–Crippen MR) is 145 cm³/mol. The van der Waals surface area contributed by atoms with E-state index in [2.05, 4.69) is 12.2 Å². The molecule has 2 heterocycles. The van der Waals surface area contributed by atoms with E-state index in [1.54, 1.807) is 5.01 Å². The first-order valence-corrected chi connectivity index (χ1v) is 14.6. The standard InChI is InChI=1S/C24H40N4O4.2C2H6/c1-18-11-14-26(15-12-18)22(29)6-4-3-5-13-28(25-32)21-9-7-20(8-10-21)17-27-23(30)16-19(2)24(27)31;2*1-2/h18-21H,3-17H2,1-2H3;2*1-2H3. The molecule has 208 valence electrons. The first kappa shape index (κ1) is 32.0. The minimum atomic E-state index is -0.188. The molecule has 36 heavy (non-hydrogen) atoms. The molecule has 0 bridgehead atoms. The number of hydrogen-bond donors (Lipinski definition) is 0. The molecule has 0 spiro atoms. The average Bonchev–Trinajstić information content (AvgIpc) is 3.15. The van der Waals surface area contributed by atoms with Crippen molar-refractivity contribution >= 4 is 17.7 Å². The largest absolute Gasteiger partial charge is 0.343 e. The minimum Gasteiger partial charge on any atom is -0.343 e. The molecule has 0 aromatic carbocycles. The normalized spacial score (nSPS) is 24.4. The topological polar surface area (TPSA) is 90.4 Å². The molecule has 2 aliphatic heterocycles. The van der Waals surface area contributed by atoms with Crippen LogP contribution in [0.5, 0.6) is 0 Å². The second-order valence-electron chi connectivity index (χ2n) is 10.2. The van der Waals surface area contributed by atoms with Gasteiger partial charge in [-0.3, -0.25) is 24.3 Å². The SMILES string of the molecule is CC.CC.CC1CCN(C(=O)CCCCCN(N=O)C2CCC(CN3C(=O)CC(C)C3=O)CC2)CC1. The summed E-state index contributed by atoms with van der Waals surface area (Å²) in [7, 11) is 0. The second-order valence-corrected chi connectivity index (χ2v) is 10.2. The van der Waals surface area contributed by atoms with Crippen molar-refractivity contribution in [3.05, 3.63) is 4.91 Å². The van der Waals surface area contributed by atoms with Gasteiger partial charge >= 0.3 is 0 Å². The van der Waals surface area contributed by atoms with E-state index >= 15 is 0 Å². The number of nitroso groups, excluding NO2 is 1. The van der Waals surface area contributed by atoms with Crippen molar-refractivity contribution in [2.24, 2.45) is 23.0 Å². The van der Waals surface area contributed by atoms with E-state index in [0.717, 1.165) is 76.8 Å². The van der Waals surface area contributed by atoms with E-state index in [4.69, 9.17) is 0 Å². The Hall–Kier alpha value is -1.99. The van der Waals surface area contributed by atoms with E-state index in [0.29, 0.717) is 31.8 Å². The van der Waals surface area contributed by atoms with Gasteiger partial charge in [0.1, 0.15) is 0 Å². The van der Waals surface area contributed by atoms with Gasteiger partial charge in [-0.05, 0) is 63.2 Å². The van der Waals surface area contributed by atoms with Crippen LogP contribution in [0.15, 0.2) is 5.29 Å². The van der Waals surface area contributed by atoms with E-state index in [1.807, 2.05) is 39.5 Å². The molecule has 3 fully saturated rings. The fraction of sp³-hybridized carbons (Fsp3) is 0.893. The van der Waals surface area contributed by atoms with Crippen LogP contribution in [0, 0.1) is 22.7 Å². The Labute approximate surface area is 219 Å². The first-order valence-electron chi connectivity index (χ1n) is 14.6. The Morgan fingerprint density at radius 3 is 2.06 bits per heavy atom. The van der Waals surface area contributed by atoms with Gasteiger partial charge in [-0.2, -0.15) is 0 Å². The summed E-state index contributed by atoms with van der Waals surface area (Å²) >= 11 is 0. The zero-order valence-electron chi connectivity index (χ0n) is 23.8. The van der Waals surface area contributed by atoms with Crippen LogP contribution in [0.3, 0.4) is 0 Å². The van der Waals surface area contributed by atoms with Crippen LogP contribution in [0.1, 0.15) is 112 Å². The number of carbonyl (C=O) groups excluding carboxylic acids is 3. The number of amides is 3. The lowest BCUT2D eigenvalue weighted by molar-refractivity contribution is -0.140. The summed E-state index contributed by atoms with van der Waals surface area (Å²) in [6.45, 7) is 15.0. The summed E-state index contributed by atoms with van der Waals surface area (Å²) < 4.78 is 0. The molecule has 0 radical (unpaired) electrons. The lowest BCUT2D eigenvalue weighted by atomic mass is 9.85. The number of carbonyl (C=O) groups is 3. The van der Waals surface area contributed by atoms with Crippen molar-refractivity contribution in [1.82, 2.24) is 14.8 Å². The minimum absolute atomic E-state index is 0.0402. The number of likely N-dealkylation sites (tertiary alicyclic amines) is 2. The molecular weight excluding hydrogens is 456 g/mol. The molecule has 0 N–H and O–H groups in total. The fourth-order valence-corrected chi connectivity index (χ4v) is 5.36. The Morgan fingerprint density at radius 1 is 0.917 bits per heavy atom. The van der Waals surface area contributed by atoms with Crippen molar-refractivity contribution in [3.8, 4) is 0 Å². The molecule has 8 nitrogen and oxygen atoms in total. The number of piperidine rings is 1. The highest BCUT2D eigenvalue weighted by molar-refractivity contribution is 6.03. The molecule has 0 aromatic rings. The summed E-state index contributed by atoms with van der Waals surface area (Å²) in [5.41, 5.74) is 0. The van der Waals surface area contributed by atoms with Crippen molar-refractivity contribution in [2.45, 2.75) is 118 Å². The van der Waals surface area contributed by atoms with Crippen LogP contribution < -0.4 is 0 Å². The third-order valence-corrected chi connectivity index (χ3v) is 7.67. The Morgan fingerprint density at radius 2 is 1.53 bits per heavy atom. The zero-order chi connectivity index (χ0) is 27.1. The second kappa shape index (κ2) is 17.5. The maximum absolute atomic E-state index is 12.3. The monoisotopic (exact) mass is 508 g/mol. The highest BCUT2D eigenvalue weighted by Gasteiger charge is 2.37. The molecule has 2 saturated heterocycles. The van der Waals surface area contributed by atoms with Crippen molar-refractivity contribution in [2.75, 3.05) is 26.2 Å². The van der Waals surface area contributed by atoms with Crippen LogP contribution in [0.4, 0.5) is 0 Å². The predicted octanol–water partition coefficient (Wildman–Crippen LogP) is 5.79. The van der Waals surface area contributed by atoms with E-state index < -0.39 is 0 Å². The van der Waals surface area contributed by atoms with Crippen LogP contribution in [-0.2, 0) is 14.4 Å². The van der Waals surface area contributed by atoms with Gasteiger partial charge in [0.05, 0.1) is 11.3 Å². The van der Waals surface area contributed by atoms with E-state index in [-0.39, 0.29) is 29.7 Å². The molecule has 3 amide bonds. The smallest absolute Gasteiger partial charge is 0.232 e. The first-order chi connectivity index (χ1) is 17.4. The number of nitrogens with zero attached hydrogens (tertiary/aromatic N) is 4. The molecule has 3 rings (SSSR count). The third kappa shape index (κ3) is 9.81. The molecule has 1 unspecified atom stereocenters. The number of imide groups is 1. The lowest BCUT2D eigenvalue weighted by Gasteiger charge is -2.34. The van der Waals surface area contributed by atoms with Gasteiger partial charge in [-0.15, -0.1) is 4.91 Å². The maximum Gasteiger partial charge on any atom is 0.232 e. The van der Waals surface area contributed by atoms with Crippen LogP contribution >= 0.6 is 0 Å². The van der Waals surface area contributed by atoms with E-state index in [9.17, 15) is 19.3 Å². The van der Waals surface area contributed by atoms with Gasteiger partial charge < -0.3 is 4.90 Å². The fourth-order valence-electron chi connectivity index (χ4n) is 5.36. The van der Waals surface area contributed by atoms with Gasteiger partial charge in [0.25, 0.3) is 0 Å². The molecule has 1 saturated carbocycles. The van der Waals surface area contributed by atoms with Crippen LogP contribution in [0.25, 0.3) is 0 Å². The lowest BCUT2D eigenvalue weighted by Crippen LogP contribution is -2.39. The Balaban J connectivity index is 0.00000154. The summed E-state index contributed by atoms with van der Waals surface area (Å²) in [5, 5.41) is 4.96. The quantitative estimate of drug-likeness (QED) is 0.161. The maximum atomic E-state index is 12.3. The molecule has 1 atom stereocenters. The van der Waals surface area contributed by atoms with Crippen LogP contribution in [-0.4, -0.2) is 64.8 Å². The van der Waals surface area contributed by atoms with Gasteiger partial charge in [0, 0.05) is 44.9 Å². The Kier molecular flexibility index (Phi) is 15.5. The number of rotatable bonds is 10. The van der Waals surface area contributed by atoms with Crippen molar-refractivity contribution in [3.63, 3.8) is 0 Å². The van der Waals surface area contributed by atoms with Gasteiger partial charge in [-0.25, -0.2) is 0 Å².